The molecule has 1 saturated heterocycles. The first-order valence-corrected chi connectivity index (χ1v) is 9.13. The van der Waals surface area contributed by atoms with E-state index in [1.807, 2.05) is 12.1 Å². The summed E-state index contributed by atoms with van der Waals surface area (Å²) in [5.41, 5.74) is 1.56. The number of rotatable bonds is 5. The molecule has 142 valence electrons. The molecule has 3 atom stereocenters. The van der Waals surface area contributed by atoms with E-state index in [9.17, 15) is 9.59 Å². The van der Waals surface area contributed by atoms with E-state index in [1.165, 1.54) is 13.0 Å². The minimum atomic E-state index is -0.188. The van der Waals surface area contributed by atoms with E-state index < -0.39 is 0 Å². The number of amides is 1. The standard InChI is InChI=1S/C19H22N4O4/c1-12(24)14-9-15(22-21-14)19(25)23-7-8-26-17-5-4-16(23)18(17)27-11-13-3-2-6-20-10-13/h2-3,6,9-10,16-18H,4-5,7-8,11H2,1H3,(H,21,22)/t16-,17-,18+/m0/s1. The van der Waals surface area contributed by atoms with E-state index in [1.54, 1.807) is 17.3 Å². The van der Waals surface area contributed by atoms with Gasteiger partial charge in [0.15, 0.2) is 5.78 Å². The number of nitrogens with one attached hydrogen (secondary N) is 1. The second kappa shape index (κ2) is 7.58. The number of nitrogens with zero attached hydrogens (tertiary/aromatic N) is 3. The van der Waals surface area contributed by atoms with Crippen molar-refractivity contribution in [3.05, 3.63) is 47.5 Å². The summed E-state index contributed by atoms with van der Waals surface area (Å²) < 4.78 is 12.1. The first kappa shape index (κ1) is 17.8. The fourth-order valence-corrected chi connectivity index (χ4v) is 3.80. The molecule has 0 unspecified atom stereocenters. The maximum absolute atomic E-state index is 13.0. The van der Waals surface area contributed by atoms with Crippen molar-refractivity contribution in [1.82, 2.24) is 20.1 Å². The molecule has 27 heavy (non-hydrogen) atoms. The largest absolute Gasteiger partial charge is 0.374 e. The summed E-state index contributed by atoms with van der Waals surface area (Å²) in [6, 6.07) is 5.28. The van der Waals surface area contributed by atoms with Crippen molar-refractivity contribution in [1.29, 1.82) is 0 Å². The third-order valence-corrected chi connectivity index (χ3v) is 5.15. The van der Waals surface area contributed by atoms with Crippen LogP contribution in [0.2, 0.25) is 0 Å². The number of carbonyl (C=O) groups is 2. The van der Waals surface area contributed by atoms with Gasteiger partial charge in [0.05, 0.1) is 25.4 Å². The average molecular weight is 370 g/mol. The molecule has 0 radical (unpaired) electrons. The van der Waals surface area contributed by atoms with Gasteiger partial charge >= 0.3 is 0 Å². The quantitative estimate of drug-likeness (QED) is 0.803. The van der Waals surface area contributed by atoms with Crippen LogP contribution < -0.4 is 0 Å². The minimum Gasteiger partial charge on any atom is -0.374 e. The number of hydrogen-bond acceptors (Lipinski definition) is 6. The Labute approximate surface area is 156 Å². The van der Waals surface area contributed by atoms with Crippen molar-refractivity contribution < 1.29 is 19.1 Å². The highest BCUT2D eigenvalue weighted by molar-refractivity contribution is 5.97. The number of ether oxygens (including phenoxy) is 2. The van der Waals surface area contributed by atoms with Crippen LogP contribution in [0.15, 0.2) is 30.6 Å². The van der Waals surface area contributed by atoms with Gasteiger partial charge in [-0.05, 0) is 30.5 Å². The molecule has 3 heterocycles. The topological polar surface area (TPSA) is 97.4 Å². The molecule has 8 heteroatoms. The Hall–Kier alpha value is -2.58. The van der Waals surface area contributed by atoms with Crippen LogP contribution in [-0.4, -0.2) is 63.2 Å². The van der Waals surface area contributed by atoms with Gasteiger partial charge in [-0.2, -0.15) is 5.10 Å². The van der Waals surface area contributed by atoms with E-state index in [2.05, 4.69) is 15.2 Å². The van der Waals surface area contributed by atoms with E-state index in [4.69, 9.17) is 9.47 Å². The van der Waals surface area contributed by atoms with Gasteiger partial charge in [0, 0.05) is 25.9 Å². The highest BCUT2D eigenvalue weighted by Crippen LogP contribution is 2.33. The number of pyridine rings is 1. The Morgan fingerprint density at radius 1 is 1.41 bits per heavy atom. The summed E-state index contributed by atoms with van der Waals surface area (Å²) in [4.78, 5) is 30.4. The predicted octanol–water partition coefficient (Wildman–Crippen LogP) is 1.60. The molecule has 0 aromatic carbocycles. The van der Waals surface area contributed by atoms with Crippen molar-refractivity contribution in [3.8, 4) is 0 Å². The van der Waals surface area contributed by atoms with Crippen molar-refractivity contribution in [2.24, 2.45) is 0 Å². The van der Waals surface area contributed by atoms with Crippen molar-refractivity contribution in [2.45, 2.75) is 44.6 Å². The monoisotopic (exact) mass is 370 g/mol. The van der Waals surface area contributed by atoms with Gasteiger partial charge in [-0.25, -0.2) is 0 Å². The average Bonchev–Trinajstić information content (AvgIpc) is 3.26. The lowest BCUT2D eigenvalue weighted by molar-refractivity contribution is -0.0598. The van der Waals surface area contributed by atoms with Crippen LogP contribution >= 0.6 is 0 Å². The number of Topliss-reactive ketones (excluding diaryl/α,β-unsaturated/α-hetero) is 1. The van der Waals surface area contributed by atoms with E-state index >= 15 is 0 Å². The highest BCUT2D eigenvalue weighted by atomic mass is 16.5. The van der Waals surface area contributed by atoms with Crippen LogP contribution in [0, 0.1) is 0 Å². The molecule has 2 aliphatic rings. The Kier molecular flexibility index (Phi) is 5.00. The lowest BCUT2D eigenvalue weighted by atomic mass is 10.1. The zero-order valence-corrected chi connectivity index (χ0v) is 15.1. The molecule has 2 fully saturated rings. The summed E-state index contributed by atoms with van der Waals surface area (Å²) in [6.45, 7) is 2.80. The molecule has 1 amide bonds. The van der Waals surface area contributed by atoms with Crippen LogP contribution in [0.4, 0.5) is 0 Å². The molecule has 1 saturated carbocycles. The van der Waals surface area contributed by atoms with Crippen LogP contribution in [0.1, 0.15) is 46.3 Å². The predicted molar refractivity (Wildman–Crippen MR) is 95.2 cm³/mol. The highest BCUT2D eigenvalue weighted by Gasteiger charge is 2.45. The summed E-state index contributed by atoms with van der Waals surface area (Å²) >= 11 is 0. The third kappa shape index (κ3) is 3.63. The van der Waals surface area contributed by atoms with E-state index in [0.29, 0.717) is 25.5 Å². The normalized spacial score (nSPS) is 24.6. The van der Waals surface area contributed by atoms with Crippen molar-refractivity contribution >= 4 is 11.7 Å². The Morgan fingerprint density at radius 2 is 2.30 bits per heavy atom. The van der Waals surface area contributed by atoms with Gasteiger partial charge in [-0.1, -0.05) is 6.07 Å². The fourth-order valence-electron chi connectivity index (χ4n) is 3.80. The van der Waals surface area contributed by atoms with Gasteiger partial charge in [-0.3, -0.25) is 19.7 Å². The third-order valence-electron chi connectivity index (χ3n) is 5.15. The summed E-state index contributed by atoms with van der Waals surface area (Å²) in [6.07, 6.45) is 4.97. The molecule has 4 rings (SSSR count). The molecule has 2 aromatic heterocycles. The van der Waals surface area contributed by atoms with E-state index in [0.717, 1.165) is 18.4 Å². The maximum Gasteiger partial charge on any atom is 0.272 e. The van der Waals surface area contributed by atoms with Crippen molar-refractivity contribution in [2.75, 3.05) is 13.2 Å². The van der Waals surface area contributed by atoms with Gasteiger partial charge < -0.3 is 14.4 Å². The number of fused-ring (bicyclic) bond motifs is 2. The second-order valence-corrected chi connectivity index (χ2v) is 6.91. The van der Waals surface area contributed by atoms with Gasteiger partial charge in [0.25, 0.3) is 5.91 Å². The smallest absolute Gasteiger partial charge is 0.272 e. The van der Waals surface area contributed by atoms with Crippen LogP contribution in [0.5, 0.6) is 0 Å². The Morgan fingerprint density at radius 3 is 3.04 bits per heavy atom. The lowest BCUT2D eigenvalue weighted by Gasteiger charge is -2.31. The molecule has 1 aliphatic heterocycles. The first-order valence-electron chi connectivity index (χ1n) is 9.13. The minimum absolute atomic E-state index is 0.0148. The van der Waals surface area contributed by atoms with Gasteiger partial charge in [-0.15, -0.1) is 0 Å². The van der Waals surface area contributed by atoms with Gasteiger partial charge in [0.2, 0.25) is 0 Å². The number of ketones is 1. The Bertz CT molecular complexity index is 822. The maximum atomic E-state index is 13.0. The summed E-state index contributed by atoms with van der Waals surface area (Å²) in [7, 11) is 0. The molecular weight excluding hydrogens is 348 g/mol. The van der Waals surface area contributed by atoms with Gasteiger partial charge in [0.1, 0.15) is 17.5 Å². The first-order chi connectivity index (χ1) is 13.1. The number of aromatic amines is 1. The van der Waals surface area contributed by atoms with Crippen LogP contribution in [0.3, 0.4) is 0 Å². The number of carbonyl (C=O) groups excluding carboxylic acids is 2. The molecule has 0 spiro atoms. The van der Waals surface area contributed by atoms with Crippen molar-refractivity contribution in [3.63, 3.8) is 0 Å². The molecule has 2 bridgehead atoms. The van der Waals surface area contributed by atoms with E-state index in [-0.39, 0.29) is 35.6 Å². The lowest BCUT2D eigenvalue weighted by Crippen LogP contribution is -2.46. The zero-order chi connectivity index (χ0) is 18.8. The Balaban J connectivity index is 1.50. The molecule has 8 nitrogen and oxygen atoms in total. The second-order valence-electron chi connectivity index (χ2n) is 6.91. The number of H-pyrrole nitrogens is 1. The van der Waals surface area contributed by atoms with Crippen LogP contribution in [-0.2, 0) is 16.1 Å². The molecule has 1 N–H and O–H groups in total. The SMILES string of the molecule is CC(=O)c1cc(C(=O)N2CCO[C@H]3CC[C@H]2[C@H]3OCc2cccnc2)[nH]n1. The fraction of sp³-hybridized carbons (Fsp3) is 0.474. The van der Waals surface area contributed by atoms with Crippen LogP contribution in [0.25, 0.3) is 0 Å². The molecule has 2 aromatic rings. The molecular formula is C19H22N4O4. The molecule has 1 aliphatic carbocycles. The number of hydrogen-bond donors (Lipinski definition) is 1. The summed E-state index contributed by atoms with van der Waals surface area (Å²) in [5, 5.41) is 6.60. The number of aromatic nitrogens is 3. The summed E-state index contributed by atoms with van der Waals surface area (Å²) in [5.74, 6) is -0.357. The zero-order valence-electron chi connectivity index (χ0n) is 15.1.